The maximum Gasteiger partial charge on any atom is 0.173 e. The van der Waals surface area contributed by atoms with Gasteiger partial charge in [0.1, 0.15) is 0 Å². The molecule has 1 atom stereocenters. The second-order valence-corrected chi connectivity index (χ2v) is 3.73. The summed E-state index contributed by atoms with van der Waals surface area (Å²) in [5.74, 6) is 0.684. The van der Waals surface area contributed by atoms with E-state index in [-0.39, 0.29) is 6.04 Å². The highest BCUT2D eigenvalue weighted by molar-refractivity contribution is 9.10. The average Bonchev–Trinajstić information content (AvgIpc) is 2.74. The first-order valence-corrected chi connectivity index (χ1v) is 4.57. The molecule has 1 aromatic heterocycles. The fourth-order valence-corrected chi connectivity index (χ4v) is 1.76. The van der Waals surface area contributed by atoms with Gasteiger partial charge >= 0.3 is 0 Å². The van der Waals surface area contributed by atoms with Crippen LogP contribution in [0.4, 0.5) is 0 Å². The van der Waals surface area contributed by atoms with Gasteiger partial charge in [-0.2, -0.15) is 0 Å². The van der Waals surface area contributed by atoms with E-state index in [1.165, 1.54) is 12.8 Å². The van der Waals surface area contributed by atoms with Crippen molar-refractivity contribution in [3.8, 4) is 0 Å². The summed E-state index contributed by atoms with van der Waals surface area (Å²) in [5.41, 5.74) is 7.06. The zero-order valence-corrected chi connectivity index (χ0v) is 7.67. The van der Waals surface area contributed by atoms with Crippen LogP contribution in [-0.4, -0.2) is 0 Å². The van der Waals surface area contributed by atoms with Crippen LogP contribution in [0.3, 0.4) is 0 Å². The average molecular weight is 216 g/mol. The Kier molecular flexibility index (Phi) is 1.77. The molecule has 2 nitrogen and oxygen atoms in total. The molecule has 3 heteroatoms. The number of hydrogen-bond acceptors (Lipinski definition) is 2. The van der Waals surface area contributed by atoms with Gasteiger partial charge in [-0.15, -0.1) is 0 Å². The van der Waals surface area contributed by atoms with Crippen molar-refractivity contribution >= 4 is 15.9 Å². The fraction of sp³-hybridized carbons (Fsp3) is 0.500. The molecule has 1 fully saturated rings. The van der Waals surface area contributed by atoms with Crippen LogP contribution in [0.1, 0.15) is 24.4 Å². The number of rotatable bonds is 2. The first kappa shape index (κ1) is 7.37. The van der Waals surface area contributed by atoms with Crippen molar-refractivity contribution in [2.75, 3.05) is 0 Å². The van der Waals surface area contributed by atoms with Gasteiger partial charge in [0.2, 0.25) is 0 Å². The lowest BCUT2D eigenvalue weighted by Crippen LogP contribution is -2.11. The molecule has 0 aromatic carbocycles. The molecule has 60 valence electrons. The zero-order chi connectivity index (χ0) is 7.84. The van der Waals surface area contributed by atoms with Gasteiger partial charge in [0.05, 0.1) is 6.26 Å². The lowest BCUT2D eigenvalue weighted by Gasteiger charge is -2.06. The van der Waals surface area contributed by atoms with Crippen molar-refractivity contribution < 1.29 is 4.42 Å². The van der Waals surface area contributed by atoms with E-state index in [1.807, 2.05) is 6.07 Å². The van der Waals surface area contributed by atoms with E-state index in [9.17, 15) is 0 Å². The molecule has 0 radical (unpaired) electrons. The first-order valence-electron chi connectivity index (χ1n) is 3.77. The van der Waals surface area contributed by atoms with Crippen molar-refractivity contribution in [2.45, 2.75) is 18.9 Å². The Morgan fingerprint density at radius 2 is 2.36 bits per heavy atom. The Morgan fingerprint density at radius 1 is 1.64 bits per heavy atom. The quantitative estimate of drug-likeness (QED) is 0.824. The number of hydrogen-bond donors (Lipinski definition) is 1. The zero-order valence-electron chi connectivity index (χ0n) is 6.09. The fourth-order valence-electron chi connectivity index (χ4n) is 1.25. The summed E-state index contributed by atoms with van der Waals surface area (Å²) in [6.45, 7) is 0. The topological polar surface area (TPSA) is 39.2 Å². The highest BCUT2D eigenvalue weighted by Gasteiger charge is 2.31. The van der Waals surface area contributed by atoms with E-state index in [0.29, 0.717) is 5.92 Å². The molecule has 11 heavy (non-hydrogen) atoms. The maximum atomic E-state index is 5.96. The SMILES string of the molecule is N[C@@H](c1ccoc1Br)C1CC1. The summed E-state index contributed by atoms with van der Waals surface area (Å²) in [7, 11) is 0. The van der Waals surface area contributed by atoms with Crippen molar-refractivity contribution in [1.29, 1.82) is 0 Å². The van der Waals surface area contributed by atoms with Crippen molar-refractivity contribution in [1.82, 2.24) is 0 Å². The van der Waals surface area contributed by atoms with E-state index in [2.05, 4.69) is 15.9 Å². The van der Waals surface area contributed by atoms with Crippen LogP contribution in [0.15, 0.2) is 21.4 Å². The van der Waals surface area contributed by atoms with Crippen LogP contribution in [0.25, 0.3) is 0 Å². The Hall–Kier alpha value is -0.280. The summed E-state index contributed by atoms with van der Waals surface area (Å²) in [4.78, 5) is 0. The van der Waals surface area contributed by atoms with Crippen LogP contribution in [0, 0.1) is 5.92 Å². The monoisotopic (exact) mass is 215 g/mol. The molecular weight excluding hydrogens is 206 g/mol. The molecule has 1 saturated carbocycles. The van der Waals surface area contributed by atoms with Crippen molar-refractivity contribution in [2.24, 2.45) is 11.7 Å². The molecule has 1 heterocycles. The number of halogens is 1. The maximum absolute atomic E-state index is 5.96. The summed E-state index contributed by atoms with van der Waals surface area (Å²) < 4.78 is 5.89. The van der Waals surface area contributed by atoms with Crippen LogP contribution in [0.5, 0.6) is 0 Å². The van der Waals surface area contributed by atoms with Gasteiger partial charge in [0, 0.05) is 11.6 Å². The molecular formula is C8H10BrNO. The third-order valence-electron chi connectivity index (χ3n) is 2.14. The Morgan fingerprint density at radius 3 is 2.82 bits per heavy atom. The minimum atomic E-state index is 0.170. The molecule has 0 bridgehead atoms. The Bertz CT molecular complexity index is 254. The molecule has 0 aliphatic heterocycles. The van der Waals surface area contributed by atoms with Gasteiger partial charge in [-0.05, 0) is 40.8 Å². The summed E-state index contributed by atoms with van der Waals surface area (Å²) in [5, 5.41) is 0. The highest BCUT2D eigenvalue weighted by Crippen LogP contribution is 2.41. The predicted molar refractivity (Wildman–Crippen MR) is 46.1 cm³/mol. The molecule has 0 amide bonds. The van der Waals surface area contributed by atoms with Gasteiger partial charge < -0.3 is 10.2 Å². The standard InChI is InChI=1S/C8H10BrNO/c9-8-6(3-4-11-8)7(10)5-1-2-5/h3-5,7H,1-2,10H2/t7-/m1/s1. The predicted octanol–water partition coefficient (Wildman–Crippen LogP) is 2.45. The van der Waals surface area contributed by atoms with Crippen molar-refractivity contribution in [3.05, 3.63) is 22.6 Å². The molecule has 2 rings (SSSR count). The van der Waals surface area contributed by atoms with Gasteiger partial charge in [-0.1, -0.05) is 0 Å². The van der Waals surface area contributed by atoms with E-state index >= 15 is 0 Å². The number of furan rings is 1. The van der Waals surface area contributed by atoms with Gasteiger partial charge in [0.25, 0.3) is 0 Å². The second kappa shape index (κ2) is 2.64. The third kappa shape index (κ3) is 1.35. The van der Waals surface area contributed by atoms with Crippen LogP contribution >= 0.6 is 15.9 Å². The normalized spacial score (nSPS) is 20.2. The summed E-state index contributed by atoms with van der Waals surface area (Å²) >= 11 is 3.32. The van der Waals surface area contributed by atoms with Crippen LogP contribution < -0.4 is 5.73 Å². The lowest BCUT2D eigenvalue weighted by molar-refractivity contribution is 0.524. The lowest BCUT2D eigenvalue weighted by atomic mass is 10.1. The Balaban J connectivity index is 2.20. The molecule has 0 spiro atoms. The van der Waals surface area contributed by atoms with Gasteiger partial charge in [-0.3, -0.25) is 0 Å². The molecule has 2 N–H and O–H groups in total. The van der Waals surface area contributed by atoms with Crippen LogP contribution in [0.2, 0.25) is 0 Å². The van der Waals surface area contributed by atoms with E-state index < -0.39 is 0 Å². The summed E-state index contributed by atoms with van der Waals surface area (Å²) in [6, 6.07) is 2.11. The van der Waals surface area contributed by atoms with E-state index in [0.717, 1.165) is 10.2 Å². The first-order chi connectivity index (χ1) is 5.29. The molecule has 1 aliphatic rings. The van der Waals surface area contributed by atoms with Gasteiger partial charge in [0.15, 0.2) is 4.67 Å². The molecule has 1 aliphatic carbocycles. The third-order valence-corrected chi connectivity index (χ3v) is 2.78. The van der Waals surface area contributed by atoms with E-state index in [4.69, 9.17) is 10.2 Å². The minimum Gasteiger partial charge on any atom is -0.457 e. The molecule has 1 aromatic rings. The van der Waals surface area contributed by atoms with Crippen molar-refractivity contribution in [3.63, 3.8) is 0 Å². The Labute approximate surface area is 73.9 Å². The van der Waals surface area contributed by atoms with E-state index in [1.54, 1.807) is 6.26 Å². The number of nitrogens with two attached hydrogens (primary N) is 1. The molecule has 0 unspecified atom stereocenters. The molecule has 0 saturated heterocycles. The van der Waals surface area contributed by atoms with Crippen LogP contribution in [-0.2, 0) is 0 Å². The summed E-state index contributed by atoms with van der Waals surface area (Å²) in [6.07, 6.45) is 4.19. The smallest absolute Gasteiger partial charge is 0.173 e. The highest BCUT2D eigenvalue weighted by atomic mass is 79.9. The second-order valence-electron chi connectivity index (χ2n) is 3.01. The van der Waals surface area contributed by atoms with Gasteiger partial charge in [-0.25, -0.2) is 0 Å². The minimum absolute atomic E-state index is 0.170. The largest absolute Gasteiger partial charge is 0.457 e.